The first-order valence-corrected chi connectivity index (χ1v) is 5.94. The van der Waals surface area contributed by atoms with E-state index in [2.05, 4.69) is 0 Å². The molecule has 0 N–H and O–H groups in total. The van der Waals surface area contributed by atoms with E-state index in [4.69, 9.17) is 11.6 Å². The number of carbonyl (C=O) groups is 1. The predicted molar refractivity (Wildman–Crippen MR) is 66.2 cm³/mol. The largest absolute Gasteiger partial charge is 0.419 e. The maximum absolute atomic E-state index is 13.2. The van der Waals surface area contributed by atoms with Crippen molar-refractivity contribution in [3.63, 3.8) is 0 Å². The van der Waals surface area contributed by atoms with Gasteiger partial charge in [0.1, 0.15) is 11.6 Å². The number of hydrogen-bond donors (Lipinski definition) is 0. The number of benzene rings is 2. The molecular weight excluding hydrogens is 315 g/mol. The Labute approximate surface area is 121 Å². The van der Waals surface area contributed by atoms with E-state index in [1.54, 1.807) is 0 Å². The summed E-state index contributed by atoms with van der Waals surface area (Å²) in [5.41, 5.74) is -2.30. The molecule has 21 heavy (non-hydrogen) atoms. The Morgan fingerprint density at radius 3 is 2.29 bits per heavy atom. The van der Waals surface area contributed by atoms with Gasteiger partial charge in [-0.15, -0.1) is 0 Å². The molecule has 0 heterocycles. The molecule has 0 aliphatic heterocycles. The van der Waals surface area contributed by atoms with E-state index in [9.17, 15) is 26.7 Å². The lowest BCUT2D eigenvalue weighted by molar-refractivity contribution is -0.140. The van der Waals surface area contributed by atoms with Crippen LogP contribution >= 0.6 is 11.6 Å². The summed E-state index contributed by atoms with van der Waals surface area (Å²) in [6.07, 6.45) is -4.94. The maximum atomic E-state index is 13.2. The lowest BCUT2D eigenvalue weighted by Crippen LogP contribution is -2.11. The molecule has 1 nitrogen and oxygen atoms in total. The third-order valence-electron chi connectivity index (χ3n) is 2.71. The van der Waals surface area contributed by atoms with Crippen molar-refractivity contribution in [1.82, 2.24) is 0 Å². The molecule has 2 rings (SSSR count). The minimum atomic E-state index is -4.94. The number of carbonyl (C=O) groups excluding carboxylic acids is 1. The molecule has 0 aromatic heterocycles. The van der Waals surface area contributed by atoms with Crippen LogP contribution in [0.1, 0.15) is 21.5 Å². The van der Waals surface area contributed by atoms with Gasteiger partial charge >= 0.3 is 6.18 Å². The average molecular weight is 321 g/mol. The van der Waals surface area contributed by atoms with Crippen LogP contribution in [-0.2, 0) is 6.18 Å². The third kappa shape index (κ3) is 3.21. The zero-order valence-corrected chi connectivity index (χ0v) is 10.9. The van der Waals surface area contributed by atoms with E-state index >= 15 is 0 Å². The fourth-order valence-electron chi connectivity index (χ4n) is 1.71. The van der Waals surface area contributed by atoms with Crippen LogP contribution in [0.3, 0.4) is 0 Å². The number of hydrogen-bond acceptors (Lipinski definition) is 1. The topological polar surface area (TPSA) is 17.1 Å². The van der Waals surface area contributed by atoms with E-state index in [0.717, 1.165) is 24.3 Å². The molecule has 0 amide bonds. The van der Waals surface area contributed by atoms with E-state index in [0.29, 0.717) is 12.1 Å². The second-order valence-electron chi connectivity index (χ2n) is 4.15. The molecule has 0 atom stereocenters. The van der Waals surface area contributed by atoms with E-state index in [-0.39, 0.29) is 10.6 Å². The first kappa shape index (κ1) is 15.4. The highest BCUT2D eigenvalue weighted by molar-refractivity contribution is 6.35. The Hall–Kier alpha value is -1.95. The van der Waals surface area contributed by atoms with Gasteiger partial charge in [0.05, 0.1) is 10.6 Å². The summed E-state index contributed by atoms with van der Waals surface area (Å²) in [6, 6.07) is 4.71. The normalized spacial score (nSPS) is 11.5. The van der Waals surface area contributed by atoms with Crippen LogP contribution in [0.25, 0.3) is 0 Å². The van der Waals surface area contributed by atoms with Gasteiger partial charge in [0, 0.05) is 11.1 Å². The molecule has 0 saturated heterocycles. The van der Waals surface area contributed by atoms with Gasteiger partial charge in [0.2, 0.25) is 0 Å². The van der Waals surface area contributed by atoms with Crippen LogP contribution in [0.4, 0.5) is 22.0 Å². The molecule has 0 aliphatic rings. The van der Waals surface area contributed by atoms with Gasteiger partial charge in [-0.25, -0.2) is 8.78 Å². The molecule has 0 bridgehead atoms. The molecule has 0 unspecified atom stereocenters. The summed E-state index contributed by atoms with van der Waals surface area (Å²) >= 11 is 5.72. The quantitative estimate of drug-likeness (QED) is 0.570. The number of alkyl halides is 3. The second kappa shape index (κ2) is 5.44. The van der Waals surface area contributed by atoms with Gasteiger partial charge < -0.3 is 0 Å². The van der Waals surface area contributed by atoms with Crippen LogP contribution in [0, 0.1) is 11.6 Å². The second-order valence-corrected chi connectivity index (χ2v) is 4.55. The Morgan fingerprint density at radius 2 is 1.67 bits per heavy atom. The van der Waals surface area contributed by atoms with Crippen molar-refractivity contribution in [2.24, 2.45) is 0 Å². The monoisotopic (exact) mass is 320 g/mol. The smallest absolute Gasteiger partial charge is 0.289 e. The molecule has 110 valence electrons. The molecule has 0 saturated carbocycles. The van der Waals surface area contributed by atoms with Crippen molar-refractivity contribution < 1.29 is 26.7 Å². The van der Waals surface area contributed by atoms with Crippen molar-refractivity contribution in [3.8, 4) is 0 Å². The van der Waals surface area contributed by atoms with Gasteiger partial charge in [0.15, 0.2) is 5.78 Å². The number of rotatable bonds is 2. The van der Waals surface area contributed by atoms with Gasteiger partial charge in [-0.1, -0.05) is 11.6 Å². The zero-order chi connectivity index (χ0) is 15.8. The first-order chi connectivity index (χ1) is 9.70. The summed E-state index contributed by atoms with van der Waals surface area (Å²) < 4.78 is 64.1. The summed E-state index contributed by atoms with van der Waals surface area (Å²) in [7, 11) is 0. The van der Waals surface area contributed by atoms with Crippen LogP contribution in [-0.4, -0.2) is 5.78 Å². The highest BCUT2D eigenvalue weighted by Gasteiger charge is 2.34. The van der Waals surface area contributed by atoms with Crippen LogP contribution < -0.4 is 0 Å². The van der Waals surface area contributed by atoms with Crippen molar-refractivity contribution in [2.45, 2.75) is 6.18 Å². The fraction of sp³-hybridized carbons (Fsp3) is 0.0714. The van der Waals surface area contributed by atoms with Gasteiger partial charge in [-0.2, -0.15) is 13.2 Å². The Balaban J connectivity index is 2.52. The highest BCUT2D eigenvalue weighted by atomic mass is 35.5. The van der Waals surface area contributed by atoms with E-state index in [1.165, 1.54) is 0 Å². The maximum Gasteiger partial charge on any atom is 0.419 e. The fourth-order valence-corrected chi connectivity index (χ4v) is 1.91. The van der Waals surface area contributed by atoms with E-state index in [1.807, 2.05) is 0 Å². The van der Waals surface area contributed by atoms with Crippen LogP contribution in [0.15, 0.2) is 36.4 Å². The summed E-state index contributed by atoms with van der Waals surface area (Å²) in [4.78, 5) is 12.1. The van der Waals surface area contributed by atoms with Crippen LogP contribution in [0.5, 0.6) is 0 Å². The molecule has 0 spiro atoms. The number of halogens is 6. The van der Waals surface area contributed by atoms with Crippen molar-refractivity contribution in [2.75, 3.05) is 0 Å². The summed E-state index contributed by atoms with van der Waals surface area (Å²) in [5.74, 6) is -3.18. The van der Waals surface area contributed by atoms with Crippen molar-refractivity contribution in [1.29, 1.82) is 0 Å². The standard InChI is InChI=1S/C14H6ClF5O/c15-11-3-2-8(16)6-9(11)13(21)7-1-4-12(17)10(5-7)14(18,19)20/h1-6H. The van der Waals surface area contributed by atoms with E-state index < -0.39 is 34.7 Å². The molecule has 2 aromatic rings. The van der Waals surface area contributed by atoms with Crippen LogP contribution in [0.2, 0.25) is 5.02 Å². The predicted octanol–water partition coefficient (Wildman–Crippen LogP) is 4.87. The number of ketones is 1. The summed E-state index contributed by atoms with van der Waals surface area (Å²) in [5, 5.41) is -0.112. The molecular formula is C14H6ClF5O. The van der Waals surface area contributed by atoms with Crippen molar-refractivity contribution >= 4 is 17.4 Å². The Bertz CT molecular complexity index is 709. The van der Waals surface area contributed by atoms with Crippen molar-refractivity contribution in [3.05, 3.63) is 69.7 Å². The minimum absolute atomic E-state index is 0.112. The molecule has 0 radical (unpaired) electrons. The molecule has 2 aromatic carbocycles. The van der Waals surface area contributed by atoms with Gasteiger partial charge in [-0.3, -0.25) is 4.79 Å². The SMILES string of the molecule is O=C(c1ccc(F)c(C(F)(F)F)c1)c1cc(F)ccc1Cl. The lowest BCUT2D eigenvalue weighted by atomic mass is 10.0. The van der Waals surface area contributed by atoms with Gasteiger partial charge in [-0.05, 0) is 36.4 Å². The minimum Gasteiger partial charge on any atom is -0.289 e. The molecule has 0 fully saturated rings. The molecule has 7 heteroatoms. The third-order valence-corrected chi connectivity index (χ3v) is 3.04. The highest BCUT2D eigenvalue weighted by Crippen LogP contribution is 2.32. The average Bonchev–Trinajstić information content (AvgIpc) is 2.40. The summed E-state index contributed by atoms with van der Waals surface area (Å²) in [6.45, 7) is 0. The lowest BCUT2D eigenvalue weighted by Gasteiger charge is -2.10. The first-order valence-electron chi connectivity index (χ1n) is 5.56. The Morgan fingerprint density at radius 1 is 1.00 bits per heavy atom. The Kier molecular flexibility index (Phi) is 4.00. The molecule has 0 aliphatic carbocycles. The van der Waals surface area contributed by atoms with Gasteiger partial charge in [0.25, 0.3) is 0 Å². The zero-order valence-electron chi connectivity index (χ0n) is 10.1.